The second-order valence-corrected chi connectivity index (χ2v) is 5.56. The molecule has 0 saturated carbocycles. The Morgan fingerprint density at radius 2 is 2.04 bits per heavy atom. The van der Waals surface area contributed by atoms with Gasteiger partial charge in [-0.3, -0.25) is 5.43 Å². The van der Waals surface area contributed by atoms with E-state index in [0.717, 1.165) is 28.4 Å². The number of benzene rings is 2. The molecule has 0 bridgehead atoms. The van der Waals surface area contributed by atoms with E-state index in [0.29, 0.717) is 11.7 Å². The van der Waals surface area contributed by atoms with Gasteiger partial charge in [-0.2, -0.15) is 5.10 Å². The summed E-state index contributed by atoms with van der Waals surface area (Å²) in [7, 11) is 0. The van der Waals surface area contributed by atoms with Crippen molar-refractivity contribution in [3.05, 3.63) is 64.7 Å². The van der Waals surface area contributed by atoms with Crippen LogP contribution in [0.15, 0.2) is 53.6 Å². The quantitative estimate of drug-likeness (QED) is 0.475. The van der Waals surface area contributed by atoms with Crippen molar-refractivity contribution < 1.29 is 4.74 Å². The third-order valence-electron chi connectivity index (χ3n) is 2.89. The number of ether oxygens (including phenoxy) is 1. The molecule has 0 aromatic heterocycles. The molecule has 0 aliphatic rings. The summed E-state index contributed by atoms with van der Waals surface area (Å²) < 4.78 is 5.78. The lowest BCUT2D eigenvalue weighted by Crippen LogP contribution is -2.31. The summed E-state index contributed by atoms with van der Waals surface area (Å²) in [5.41, 5.74) is 4.73. The van der Waals surface area contributed by atoms with Crippen LogP contribution in [0, 0.1) is 0 Å². The average molecular weight is 348 g/mol. The molecule has 0 unspecified atom stereocenters. The van der Waals surface area contributed by atoms with Gasteiger partial charge in [-0.1, -0.05) is 35.9 Å². The first-order chi connectivity index (χ1) is 11.2. The highest BCUT2D eigenvalue weighted by molar-refractivity contribution is 7.80. The highest BCUT2D eigenvalue weighted by Gasteiger charge is 1.98. The summed E-state index contributed by atoms with van der Waals surface area (Å²) in [5.74, 6) is 0.776. The van der Waals surface area contributed by atoms with Crippen molar-refractivity contribution in [1.82, 2.24) is 10.7 Å². The van der Waals surface area contributed by atoms with Crippen molar-refractivity contribution in [3.8, 4) is 5.75 Å². The molecule has 2 rings (SSSR count). The van der Waals surface area contributed by atoms with Gasteiger partial charge in [-0.25, -0.2) is 0 Å². The first kappa shape index (κ1) is 17.2. The molecule has 2 N–H and O–H groups in total. The molecule has 6 heteroatoms. The van der Waals surface area contributed by atoms with Gasteiger partial charge >= 0.3 is 0 Å². The van der Waals surface area contributed by atoms with E-state index in [4.69, 9.17) is 28.6 Å². The summed E-state index contributed by atoms with van der Waals surface area (Å²) >= 11 is 10.9. The Morgan fingerprint density at radius 3 is 2.78 bits per heavy atom. The highest BCUT2D eigenvalue weighted by atomic mass is 35.5. The zero-order chi connectivity index (χ0) is 16.5. The number of hydrazone groups is 1. The van der Waals surface area contributed by atoms with E-state index in [9.17, 15) is 0 Å². The first-order valence-corrected chi connectivity index (χ1v) is 8.00. The molecular formula is C17H18ClN3OS. The van der Waals surface area contributed by atoms with Crippen molar-refractivity contribution >= 4 is 35.1 Å². The van der Waals surface area contributed by atoms with Gasteiger partial charge in [0.25, 0.3) is 0 Å². The second-order valence-electron chi connectivity index (χ2n) is 4.72. The van der Waals surface area contributed by atoms with E-state index in [1.807, 2.05) is 55.5 Å². The number of thiocarbonyl (C=S) groups is 1. The highest BCUT2D eigenvalue weighted by Crippen LogP contribution is 2.15. The van der Waals surface area contributed by atoms with Crippen LogP contribution in [0.5, 0.6) is 5.75 Å². The zero-order valence-electron chi connectivity index (χ0n) is 12.8. The van der Waals surface area contributed by atoms with E-state index >= 15 is 0 Å². The molecule has 0 aliphatic carbocycles. The minimum Gasteiger partial charge on any atom is -0.489 e. The molecular weight excluding hydrogens is 330 g/mol. The van der Waals surface area contributed by atoms with E-state index in [1.165, 1.54) is 0 Å². The lowest BCUT2D eigenvalue weighted by atomic mass is 10.2. The van der Waals surface area contributed by atoms with Crippen LogP contribution < -0.4 is 15.5 Å². The van der Waals surface area contributed by atoms with Gasteiger partial charge in [0.1, 0.15) is 12.4 Å². The monoisotopic (exact) mass is 347 g/mol. The minimum absolute atomic E-state index is 0.487. The van der Waals surface area contributed by atoms with Crippen molar-refractivity contribution in [3.63, 3.8) is 0 Å². The Morgan fingerprint density at radius 1 is 1.26 bits per heavy atom. The average Bonchev–Trinajstić information content (AvgIpc) is 2.55. The van der Waals surface area contributed by atoms with Crippen molar-refractivity contribution in [2.24, 2.45) is 5.10 Å². The van der Waals surface area contributed by atoms with Crippen LogP contribution in [0.3, 0.4) is 0 Å². The van der Waals surface area contributed by atoms with Crippen LogP contribution in [0.25, 0.3) is 0 Å². The van der Waals surface area contributed by atoms with E-state index in [2.05, 4.69) is 15.8 Å². The van der Waals surface area contributed by atoms with E-state index in [1.54, 1.807) is 6.21 Å². The fourth-order valence-electron chi connectivity index (χ4n) is 1.80. The summed E-state index contributed by atoms with van der Waals surface area (Å²) in [6.07, 6.45) is 1.69. The molecule has 0 fully saturated rings. The molecule has 0 atom stereocenters. The summed E-state index contributed by atoms with van der Waals surface area (Å²) in [6.45, 7) is 3.22. The fourth-order valence-corrected chi connectivity index (χ4v) is 2.12. The maximum Gasteiger partial charge on any atom is 0.186 e. The molecule has 2 aromatic carbocycles. The number of nitrogens with one attached hydrogen (secondary N) is 2. The predicted octanol–water partition coefficient (Wildman–Crippen LogP) is 3.74. The van der Waals surface area contributed by atoms with Crippen LogP contribution in [0.1, 0.15) is 18.1 Å². The zero-order valence-corrected chi connectivity index (χ0v) is 14.3. The van der Waals surface area contributed by atoms with Crippen LogP contribution in [-0.2, 0) is 6.61 Å². The Bertz CT molecular complexity index is 674. The van der Waals surface area contributed by atoms with Crippen molar-refractivity contribution in [2.45, 2.75) is 13.5 Å². The third-order valence-corrected chi connectivity index (χ3v) is 3.38. The molecule has 0 spiro atoms. The van der Waals surface area contributed by atoms with Crippen molar-refractivity contribution in [2.75, 3.05) is 6.54 Å². The third kappa shape index (κ3) is 6.26. The van der Waals surface area contributed by atoms with Crippen molar-refractivity contribution in [1.29, 1.82) is 0 Å². The van der Waals surface area contributed by atoms with Gasteiger partial charge in [0.15, 0.2) is 5.11 Å². The summed E-state index contributed by atoms with van der Waals surface area (Å²) in [4.78, 5) is 0. The van der Waals surface area contributed by atoms with E-state index < -0.39 is 0 Å². The van der Waals surface area contributed by atoms with Crippen LogP contribution in [0.2, 0.25) is 5.02 Å². The van der Waals surface area contributed by atoms with Gasteiger partial charge in [0, 0.05) is 11.6 Å². The maximum absolute atomic E-state index is 5.87. The number of nitrogens with zero attached hydrogens (tertiary/aromatic N) is 1. The Balaban J connectivity index is 1.90. The SMILES string of the molecule is CCNC(=S)N/N=C/c1cccc(OCc2ccc(Cl)cc2)c1. The largest absolute Gasteiger partial charge is 0.489 e. The topological polar surface area (TPSA) is 45.7 Å². The Hall–Kier alpha value is -2.11. The summed E-state index contributed by atoms with van der Waals surface area (Å²) in [6, 6.07) is 15.3. The van der Waals surface area contributed by atoms with Gasteiger partial charge in [0.2, 0.25) is 0 Å². The lowest BCUT2D eigenvalue weighted by molar-refractivity contribution is 0.306. The second kappa shape index (κ2) is 9.12. The number of hydrogen-bond donors (Lipinski definition) is 2. The molecule has 0 aliphatic heterocycles. The molecule has 0 radical (unpaired) electrons. The van der Waals surface area contributed by atoms with Gasteiger partial charge in [-0.05, 0) is 54.5 Å². The van der Waals surface area contributed by atoms with Crippen LogP contribution in [0.4, 0.5) is 0 Å². The standard InChI is InChI=1S/C17H18ClN3OS/c1-2-19-17(23)21-20-11-14-4-3-5-16(10-14)22-12-13-6-8-15(18)9-7-13/h3-11H,2,12H2,1H3,(H2,19,21,23)/b20-11+. The predicted molar refractivity (Wildman–Crippen MR) is 99.2 cm³/mol. The normalized spacial score (nSPS) is 10.5. The lowest BCUT2D eigenvalue weighted by Gasteiger charge is -2.07. The number of rotatable bonds is 6. The Kier molecular flexibility index (Phi) is 6.84. The molecule has 2 aromatic rings. The van der Waals surface area contributed by atoms with Crippen LogP contribution >= 0.6 is 23.8 Å². The molecule has 0 amide bonds. The van der Waals surface area contributed by atoms with Gasteiger partial charge < -0.3 is 10.1 Å². The molecule has 120 valence electrons. The smallest absolute Gasteiger partial charge is 0.186 e. The molecule has 23 heavy (non-hydrogen) atoms. The maximum atomic E-state index is 5.87. The number of halogens is 1. The van der Waals surface area contributed by atoms with Gasteiger partial charge in [-0.15, -0.1) is 0 Å². The summed E-state index contributed by atoms with van der Waals surface area (Å²) in [5, 5.41) is 8.25. The molecule has 0 saturated heterocycles. The molecule has 0 heterocycles. The van der Waals surface area contributed by atoms with E-state index in [-0.39, 0.29) is 0 Å². The molecule has 4 nitrogen and oxygen atoms in total. The first-order valence-electron chi connectivity index (χ1n) is 7.21. The van der Waals surface area contributed by atoms with Crippen LogP contribution in [-0.4, -0.2) is 17.9 Å². The minimum atomic E-state index is 0.487. The van der Waals surface area contributed by atoms with Gasteiger partial charge in [0.05, 0.1) is 6.21 Å². The fraction of sp³-hybridized carbons (Fsp3) is 0.176. The number of hydrogen-bond acceptors (Lipinski definition) is 3. The Labute approximate surface area is 146 Å².